The minimum atomic E-state index is -3.67. The zero-order valence-corrected chi connectivity index (χ0v) is 16.9. The summed E-state index contributed by atoms with van der Waals surface area (Å²) in [5.41, 5.74) is 1.10. The zero-order valence-electron chi connectivity index (χ0n) is 16.0. The van der Waals surface area contributed by atoms with Crippen LogP contribution in [0.5, 0.6) is 0 Å². The second-order valence-electron chi connectivity index (χ2n) is 5.89. The quantitative estimate of drug-likeness (QED) is 0.628. The van der Waals surface area contributed by atoms with Gasteiger partial charge in [0.2, 0.25) is 10.0 Å². The van der Waals surface area contributed by atoms with E-state index in [-0.39, 0.29) is 17.1 Å². The minimum Gasteiger partial charge on any atom is -0.465 e. The minimum absolute atomic E-state index is 0.0401. The summed E-state index contributed by atoms with van der Waals surface area (Å²) in [5, 5.41) is 0. The van der Waals surface area contributed by atoms with Gasteiger partial charge in [0, 0.05) is 13.1 Å². The molecule has 2 rings (SSSR count). The largest absolute Gasteiger partial charge is 0.465 e. The van der Waals surface area contributed by atoms with Gasteiger partial charge in [-0.2, -0.15) is 4.31 Å². The van der Waals surface area contributed by atoms with Crippen molar-refractivity contribution in [3.63, 3.8) is 0 Å². The molecule has 7 nitrogen and oxygen atoms in total. The summed E-state index contributed by atoms with van der Waals surface area (Å²) in [4.78, 5) is 24.0. The highest BCUT2D eigenvalue weighted by Crippen LogP contribution is 2.18. The Bertz CT molecular complexity index is 951. The molecule has 0 heterocycles. The van der Waals surface area contributed by atoms with Gasteiger partial charge in [0.25, 0.3) is 0 Å². The average Bonchev–Trinajstić information content (AvgIpc) is 2.72. The summed E-state index contributed by atoms with van der Waals surface area (Å²) < 4.78 is 36.5. The molecule has 0 atom stereocenters. The second kappa shape index (κ2) is 9.48. The first-order chi connectivity index (χ1) is 13.3. The molecule has 0 unspecified atom stereocenters. The number of ether oxygens (including phenoxy) is 2. The van der Waals surface area contributed by atoms with Crippen LogP contribution in [-0.2, 0) is 26.1 Å². The van der Waals surface area contributed by atoms with E-state index in [1.54, 1.807) is 38.1 Å². The van der Waals surface area contributed by atoms with E-state index in [4.69, 9.17) is 4.74 Å². The van der Waals surface area contributed by atoms with Gasteiger partial charge in [-0.1, -0.05) is 32.0 Å². The van der Waals surface area contributed by atoms with E-state index in [9.17, 15) is 18.0 Å². The first-order valence-electron chi connectivity index (χ1n) is 8.78. The smallest absolute Gasteiger partial charge is 0.338 e. The lowest BCUT2D eigenvalue weighted by Crippen LogP contribution is -2.30. The van der Waals surface area contributed by atoms with Crippen LogP contribution < -0.4 is 0 Å². The van der Waals surface area contributed by atoms with E-state index in [2.05, 4.69) is 4.74 Å². The van der Waals surface area contributed by atoms with Crippen molar-refractivity contribution in [2.24, 2.45) is 0 Å². The SMILES string of the molecule is CCN(CC)S(=O)(=O)c1cccc(C(=O)OCc2cccc(C(=O)OC)c2)c1. The number of sulfonamides is 1. The maximum absolute atomic E-state index is 12.6. The van der Waals surface area contributed by atoms with Crippen LogP contribution in [0, 0.1) is 0 Å². The molecule has 0 radical (unpaired) electrons. The maximum atomic E-state index is 12.6. The molecule has 0 aromatic heterocycles. The number of carbonyl (C=O) groups is 2. The summed E-state index contributed by atoms with van der Waals surface area (Å²) in [7, 11) is -2.38. The third kappa shape index (κ3) is 4.96. The molecule has 8 heteroatoms. The molecular weight excluding hydrogens is 382 g/mol. The van der Waals surface area contributed by atoms with Gasteiger partial charge in [-0.3, -0.25) is 0 Å². The van der Waals surface area contributed by atoms with Crippen LogP contribution >= 0.6 is 0 Å². The van der Waals surface area contributed by atoms with Gasteiger partial charge in [0.1, 0.15) is 6.61 Å². The molecule has 28 heavy (non-hydrogen) atoms. The fourth-order valence-electron chi connectivity index (χ4n) is 2.63. The van der Waals surface area contributed by atoms with Gasteiger partial charge >= 0.3 is 11.9 Å². The highest BCUT2D eigenvalue weighted by atomic mass is 32.2. The first kappa shape index (κ1) is 21.6. The van der Waals surface area contributed by atoms with Crippen molar-refractivity contribution in [1.82, 2.24) is 4.31 Å². The third-order valence-corrected chi connectivity index (χ3v) is 6.18. The molecule has 0 saturated carbocycles. The van der Waals surface area contributed by atoms with Crippen LogP contribution in [0.15, 0.2) is 53.4 Å². The molecule has 0 saturated heterocycles. The van der Waals surface area contributed by atoms with E-state index in [0.29, 0.717) is 24.2 Å². The van der Waals surface area contributed by atoms with Gasteiger partial charge in [0.05, 0.1) is 23.1 Å². The highest BCUT2D eigenvalue weighted by molar-refractivity contribution is 7.89. The molecule has 150 valence electrons. The Labute approximate surface area is 164 Å². The highest BCUT2D eigenvalue weighted by Gasteiger charge is 2.22. The van der Waals surface area contributed by atoms with Crippen molar-refractivity contribution in [3.05, 3.63) is 65.2 Å². The lowest BCUT2D eigenvalue weighted by Gasteiger charge is -2.18. The van der Waals surface area contributed by atoms with Gasteiger partial charge in [-0.05, 0) is 35.9 Å². The Morgan fingerprint density at radius 1 is 0.929 bits per heavy atom. The van der Waals surface area contributed by atoms with E-state index < -0.39 is 22.0 Å². The van der Waals surface area contributed by atoms with Crippen LogP contribution in [0.1, 0.15) is 40.1 Å². The van der Waals surface area contributed by atoms with Crippen molar-refractivity contribution in [2.45, 2.75) is 25.3 Å². The normalized spacial score (nSPS) is 11.3. The van der Waals surface area contributed by atoms with Crippen LogP contribution in [0.25, 0.3) is 0 Å². The molecule has 0 bridgehead atoms. The number of benzene rings is 2. The number of rotatable bonds is 8. The molecule has 0 N–H and O–H groups in total. The summed E-state index contributed by atoms with van der Waals surface area (Å²) >= 11 is 0. The Hall–Kier alpha value is -2.71. The fourth-order valence-corrected chi connectivity index (χ4v) is 4.14. The predicted octanol–water partition coefficient (Wildman–Crippen LogP) is 2.86. The van der Waals surface area contributed by atoms with E-state index >= 15 is 0 Å². The topological polar surface area (TPSA) is 90.0 Å². The number of methoxy groups -OCH3 is 1. The zero-order chi connectivity index (χ0) is 20.7. The third-order valence-electron chi connectivity index (χ3n) is 4.13. The Balaban J connectivity index is 2.15. The van der Waals surface area contributed by atoms with Crippen LogP contribution in [0.3, 0.4) is 0 Å². The lowest BCUT2D eigenvalue weighted by molar-refractivity contribution is 0.0472. The number of hydrogen-bond donors (Lipinski definition) is 0. The number of carbonyl (C=O) groups excluding carboxylic acids is 2. The molecule has 0 aliphatic heterocycles. The summed E-state index contributed by atoms with van der Waals surface area (Å²) in [5.74, 6) is -1.14. The Morgan fingerprint density at radius 3 is 2.14 bits per heavy atom. The standard InChI is InChI=1S/C20H23NO6S/c1-4-21(5-2)28(24,25)18-11-7-10-17(13-18)20(23)27-14-15-8-6-9-16(12-15)19(22)26-3/h6-13H,4-5,14H2,1-3H3. The molecule has 0 aliphatic carbocycles. The van der Waals surface area contributed by atoms with Crippen LogP contribution in [0.4, 0.5) is 0 Å². The molecule has 0 aliphatic rings. The van der Waals surface area contributed by atoms with Crippen LogP contribution in [-0.4, -0.2) is 44.9 Å². The number of hydrogen-bond acceptors (Lipinski definition) is 6. The van der Waals surface area contributed by atoms with Crippen molar-refractivity contribution >= 4 is 22.0 Å². The molecule has 0 amide bonds. The van der Waals surface area contributed by atoms with Crippen molar-refractivity contribution in [2.75, 3.05) is 20.2 Å². The number of esters is 2. The monoisotopic (exact) mass is 405 g/mol. The summed E-state index contributed by atoms with van der Waals surface area (Å²) in [6, 6.07) is 12.3. The molecule has 0 spiro atoms. The second-order valence-corrected chi connectivity index (χ2v) is 7.82. The molecular formula is C20H23NO6S. The van der Waals surface area contributed by atoms with Crippen LogP contribution in [0.2, 0.25) is 0 Å². The lowest BCUT2D eigenvalue weighted by atomic mass is 10.1. The van der Waals surface area contributed by atoms with Gasteiger partial charge in [0.15, 0.2) is 0 Å². The van der Waals surface area contributed by atoms with Crippen molar-refractivity contribution < 1.29 is 27.5 Å². The van der Waals surface area contributed by atoms with E-state index in [0.717, 1.165) is 0 Å². The van der Waals surface area contributed by atoms with Gasteiger partial charge in [-0.15, -0.1) is 0 Å². The Kier molecular flexibility index (Phi) is 7.31. The molecule has 2 aromatic carbocycles. The first-order valence-corrected chi connectivity index (χ1v) is 10.2. The predicted molar refractivity (Wildman–Crippen MR) is 103 cm³/mol. The average molecular weight is 405 g/mol. The fraction of sp³-hybridized carbons (Fsp3) is 0.300. The van der Waals surface area contributed by atoms with Crippen molar-refractivity contribution in [1.29, 1.82) is 0 Å². The summed E-state index contributed by atoms with van der Waals surface area (Å²) in [6.07, 6.45) is 0. The van der Waals surface area contributed by atoms with E-state index in [1.807, 2.05) is 0 Å². The summed E-state index contributed by atoms with van der Waals surface area (Å²) in [6.45, 7) is 4.12. The number of nitrogens with zero attached hydrogens (tertiary/aromatic N) is 1. The maximum Gasteiger partial charge on any atom is 0.338 e. The van der Waals surface area contributed by atoms with Gasteiger partial charge < -0.3 is 9.47 Å². The molecule has 2 aromatic rings. The van der Waals surface area contributed by atoms with E-state index in [1.165, 1.54) is 35.7 Å². The van der Waals surface area contributed by atoms with Crippen molar-refractivity contribution in [3.8, 4) is 0 Å². The molecule has 0 fully saturated rings. The van der Waals surface area contributed by atoms with Gasteiger partial charge in [-0.25, -0.2) is 18.0 Å². The Morgan fingerprint density at radius 2 is 1.54 bits per heavy atom.